The van der Waals surface area contributed by atoms with E-state index in [1.54, 1.807) is 16.9 Å². The summed E-state index contributed by atoms with van der Waals surface area (Å²) in [6, 6.07) is 1.50. The van der Waals surface area contributed by atoms with Crippen molar-refractivity contribution >= 4 is 11.8 Å². The average Bonchev–Trinajstić information content (AvgIpc) is 3.01. The van der Waals surface area contributed by atoms with Gasteiger partial charge in [-0.3, -0.25) is 5.32 Å². The first-order chi connectivity index (χ1) is 9.19. The number of urea groups is 1. The summed E-state index contributed by atoms with van der Waals surface area (Å²) < 4.78 is 1.76. The molecule has 2 amide bonds. The zero-order valence-electron chi connectivity index (χ0n) is 11.4. The minimum Gasteiger partial charge on any atom is -0.394 e. The quantitative estimate of drug-likeness (QED) is 0.759. The molecule has 0 atom stereocenters. The number of aromatic nitrogens is 2. The molecule has 1 aliphatic rings. The Labute approximate surface area is 113 Å². The highest BCUT2D eigenvalue weighted by Crippen LogP contribution is 2.29. The van der Waals surface area contributed by atoms with Crippen LogP contribution in [-0.2, 0) is 6.54 Å². The molecule has 0 bridgehead atoms. The number of carbonyl (C=O) groups excluding carboxylic acids is 1. The van der Waals surface area contributed by atoms with Gasteiger partial charge in [0.1, 0.15) is 5.82 Å². The van der Waals surface area contributed by atoms with Crippen LogP contribution in [-0.4, -0.2) is 33.1 Å². The zero-order chi connectivity index (χ0) is 13.7. The first-order valence-corrected chi connectivity index (χ1v) is 6.91. The van der Waals surface area contributed by atoms with E-state index in [2.05, 4.69) is 22.7 Å². The fourth-order valence-corrected chi connectivity index (χ4v) is 2.59. The summed E-state index contributed by atoms with van der Waals surface area (Å²) in [5, 5.41) is 19.3. The number of hydrogen-bond acceptors (Lipinski definition) is 3. The molecule has 106 valence electrons. The zero-order valence-corrected chi connectivity index (χ0v) is 11.4. The second kappa shape index (κ2) is 6.06. The second-order valence-electron chi connectivity index (χ2n) is 5.16. The number of anilines is 1. The Morgan fingerprint density at radius 2 is 2.26 bits per heavy atom. The lowest BCUT2D eigenvalue weighted by Crippen LogP contribution is -2.50. The second-order valence-corrected chi connectivity index (χ2v) is 5.16. The van der Waals surface area contributed by atoms with Crippen molar-refractivity contribution in [1.82, 2.24) is 15.1 Å². The lowest BCUT2D eigenvalue weighted by molar-refractivity contribution is 0.167. The summed E-state index contributed by atoms with van der Waals surface area (Å²) in [5.74, 6) is 0.686. The van der Waals surface area contributed by atoms with E-state index in [-0.39, 0.29) is 12.6 Å². The summed E-state index contributed by atoms with van der Waals surface area (Å²) in [6.07, 6.45) is 6.40. The number of nitrogens with zero attached hydrogens (tertiary/aromatic N) is 2. The van der Waals surface area contributed by atoms with Crippen molar-refractivity contribution in [1.29, 1.82) is 0 Å². The topological polar surface area (TPSA) is 79.2 Å². The van der Waals surface area contributed by atoms with Crippen molar-refractivity contribution in [3.8, 4) is 0 Å². The predicted octanol–water partition coefficient (Wildman–Crippen LogP) is 1.72. The highest BCUT2D eigenvalue weighted by Gasteiger charge is 2.34. The lowest BCUT2D eigenvalue weighted by Gasteiger charge is -2.27. The van der Waals surface area contributed by atoms with Gasteiger partial charge in [-0.25, -0.2) is 9.48 Å². The van der Waals surface area contributed by atoms with E-state index in [1.807, 2.05) is 0 Å². The summed E-state index contributed by atoms with van der Waals surface area (Å²) in [5.41, 5.74) is -0.445. The van der Waals surface area contributed by atoms with Crippen LogP contribution in [0.3, 0.4) is 0 Å². The Hall–Kier alpha value is -1.56. The summed E-state index contributed by atoms with van der Waals surface area (Å²) in [4.78, 5) is 12.0. The van der Waals surface area contributed by atoms with E-state index >= 15 is 0 Å². The summed E-state index contributed by atoms with van der Waals surface area (Å²) in [7, 11) is 0. The molecular formula is C13H22N4O2. The molecule has 1 aromatic rings. The van der Waals surface area contributed by atoms with Gasteiger partial charge in [-0.05, 0) is 19.3 Å². The molecule has 0 spiro atoms. The Balaban J connectivity index is 1.95. The molecule has 6 heteroatoms. The van der Waals surface area contributed by atoms with Crippen LogP contribution in [0.1, 0.15) is 39.0 Å². The van der Waals surface area contributed by atoms with Gasteiger partial charge in [0.05, 0.1) is 18.3 Å². The molecule has 19 heavy (non-hydrogen) atoms. The van der Waals surface area contributed by atoms with Gasteiger partial charge in [0.2, 0.25) is 0 Å². The Bertz CT molecular complexity index is 424. The van der Waals surface area contributed by atoms with Gasteiger partial charge in [0.15, 0.2) is 0 Å². The molecule has 0 unspecified atom stereocenters. The SMILES string of the molecule is CCCn1nccc1NC(=O)NC1(CO)CCCC1. The molecule has 1 heterocycles. The maximum absolute atomic E-state index is 12.0. The van der Waals surface area contributed by atoms with Gasteiger partial charge in [-0.1, -0.05) is 19.8 Å². The third-order valence-corrected chi connectivity index (χ3v) is 3.64. The normalized spacial score (nSPS) is 17.4. The van der Waals surface area contributed by atoms with Gasteiger partial charge >= 0.3 is 6.03 Å². The predicted molar refractivity (Wildman–Crippen MR) is 73.0 cm³/mol. The number of rotatable bonds is 5. The van der Waals surface area contributed by atoms with Crippen LogP contribution in [0.15, 0.2) is 12.3 Å². The standard InChI is InChI=1S/C13H22N4O2/c1-2-9-17-11(5-8-14-17)15-12(19)16-13(10-18)6-3-4-7-13/h5,8,18H,2-4,6-7,9-10H2,1H3,(H2,15,16,19). The Morgan fingerprint density at radius 3 is 2.89 bits per heavy atom. The van der Waals surface area contributed by atoms with Crippen molar-refractivity contribution in [2.24, 2.45) is 0 Å². The number of hydrogen-bond donors (Lipinski definition) is 3. The molecule has 6 nitrogen and oxygen atoms in total. The fourth-order valence-electron chi connectivity index (χ4n) is 2.59. The van der Waals surface area contributed by atoms with Gasteiger partial charge in [0.25, 0.3) is 0 Å². The highest BCUT2D eigenvalue weighted by atomic mass is 16.3. The summed E-state index contributed by atoms with van der Waals surface area (Å²) in [6.45, 7) is 2.83. The van der Waals surface area contributed by atoms with E-state index in [1.165, 1.54) is 0 Å². The fraction of sp³-hybridized carbons (Fsp3) is 0.692. The van der Waals surface area contributed by atoms with Gasteiger partial charge in [-0.2, -0.15) is 5.10 Å². The van der Waals surface area contributed by atoms with Crippen LogP contribution in [0.5, 0.6) is 0 Å². The highest BCUT2D eigenvalue weighted by molar-refractivity contribution is 5.88. The Morgan fingerprint density at radius 1 is 1.53 bits per heavy atom. The van der Waals surface area contributed by atoms with Crippen LogP contribution < -0.4 is 10.6 Å². The largest absolute Gasteiger partial charge is 0.394 e. The third kappa shape index (κ3) is 3.26. The first kappa shape index (κ1) is 13.9. The minimum absolute atomic E-state index is 0.00532. The van der Waals surface area contributed by atoms with Crippen molar-refractivity contribution in [3.05, 3.63) is 12.3 Å². The van der Waals surface area contributed by atoms with Crippen molar-refractivity contribution in [2.45, 2.75) is 51.1 Å². The monoisotopic (exact) mass is 266 g/mol. The third-order valence-electron chi connectivity index (χ3n) is 3.64. The number of nitrogens with one attached hydrogen (secondary N) is 2. The van der Waals surface area contributed by atoms with Gasteiger partial charge in [0, 0.05) is 12.6 Å². The molecule has 1 aliphatic carbocycles. The molecule has 0 aromatic carbocycles. The molecule has 1 aromatic heterocycles. The maximum atomic E-state index is 12.0. The number of aliphatic hydroxyl groups is 1. The smallest absolute Gasteiger partial charge is 0.320 e. The number of aliphatic hydroxyl groups excluding tert-OH is 1. The van der Waals surface area contributed by atoms with E-state index in [0.717, 1.165) is 38.6 Å². The number of aryl methyl sites for hydroxylation is 1. The molecular weight excluding hydrogens is 244 g/mol. The first-order valence-electron chi connectivity index (χ1n) is 6.91. The molecule has 1 saturated carbocycles. The summed E-state index contributed by atoms with van der Waals surface area (Å²) >= 11 is 0. The van der Waals surface area contributed by atoms with E-state index < -0.39 is 5.54 Å². The molecule has 2 rings (SSSR count). The van der Waals surface area contributed by atoms with Crippen molar-refractivity contribution in [2.75, 3.05) is 11.9 Å². The number of amides is 2. The molecule has 3 N–H and O–H groups in total. The molecule has 1 fully saturated rings. The maximum Gasteiger partial charge on any atom is 0.320 e. The molecule has 0 radical (unpaired) electrons. The van der Waals surface area contributed by atoms with Crippen LogP contribution in [0.2, 0.25) is 0 Å². The van der Waals surface area contributed by atoms with Crippen LogP contribution in [0.4, 0.5) is 10.6 Å². The number of carbonyl (C=O) groups is 1. The van der Waals surface area contributed by atoms with Crippen molar-refractivity contribution in [3.63, 3.8) is 0 Å². The van der Waals surface area contributed by atoms with Crippen LogP contribution in [0.25, 0.3) is 0 Å². The van der Waals surface area contributed by atoms with Gasteiger partial charge < -0.3 is 10.4 Å². The van der Waals surface area contributed by atoms with E-state index in [0.29, 0.717) is 5.82 Å². The van der Waals surface area contributed by atoms with Crippen molar-refractivity contribution < 1.29 is 9.90 Å². The van der Waals surface area contributed by atoms with Crippen LogP contribution in [0, 0.1) is 0 Å². The Kier molecular flexibility index (Phi) is 4.42. The van der Waals surface area contributed by atoms with Crippen LogP contribution >= 0.6 is 0 Å². The van der Waals surface area contributed by atoms with Gasteiger partial charge in [-0.15, -0.1) is 0 Å². The average molecular weight is 266 g/mol. The van der Waals surface area contributed by atoms with E-state index in [4.69, 9.17) is 0 Å². The molecule has 0 saturated heterocycles. The van der Waals surface area contributed by atoms with E-state index in [9.17, 15) is 9.90 Å². The minimum atomic E-state index is -0.445. The lowest BCUT2D eigenvalue weighted by atomic mass is 9.99. The molecule has 0 aliphatic heterocycles.